The molecule has 3 fully saturated rings. The Labute approximate surface area is 326 Å². The number of aromatic nitrogens is 3. The van der Waals surface area contributed by atoms with Crippen LogP contribution in [0.15, 0.2) is 128 Å². The largest absolute Gasteiger partial charge is 1.00 e. The Morgan fingerprint density at radius 2 is 1.55 bits per heavy atom. The van der Waals surface area contributed by atoms with Crippen LogP contribution in [0.5, 0.6) is 17.4 Å². The van der Waals surface area contributed by atoms with Gasteiger partial charge in [0.2, 0.25) is 5.88 Å². The Morgan fingerprint density at radius 3 is 2.25 bits per heavy atom. The van der Waals surface area contributed by atoms with Gasteiger partial charge >= 0.3 is 0 Å². The minimum absolute atomic E-state index is 0. The third-order valence-electron chi connectivity index (χ3n) is 11.1. The summed E-state index contributed by atoms with van der Waals surface area (Å²) in [4.78, 5) is 14.7. The number of nitrogens with zero attached hydrogens (tertiary/aromatic N) is 4. The molecule has 0 amide bonds. The van der Waals surface area contributed by atoms with Crippen molar-refractivity contribution >= 4 is 22.5 Å². The van der Waals surface area contributed by atoms with Gasteiger partial charge in [-0.05, 0) is 35.7 Å². The maximum Gasteiger partial charge on any atom is 0.227 e. The number of hydrogen-bond acceptors (Lipinski definition) is 6. The molecule has 0 aliphatic carbocycles. The van der Waals surface area contributed by atoms with Crippen LogP contribution >= 0.6 is 11.6 Å². The Balaban J connectivity index is 0.00000435. The first kappa shape index (κ1) is 36.6. The normalized spacial score (nSPS) is 21.0. The zero-order chi connectivity index (χ0) is 35.7. The summed E-state index contributed by atoms with van der Waals surface area (Å²) >= 11 is 7.14. The number of halogens is 2. The zero-order valence-electron chi connectivity index (χ0n) is 29.9. The first-order chi connectivity index (χ1) is 25.5. The third-order valence-corrected chi connectivity index (χ3v) is 11.4. The lowest BCUT2D eigenvalue weighted by atomic mass is 9.71. The van der Waals surface area contributed by atoms with E-state index in [1.54, 1.807) is 14.2 Å². The van der Waals surface area contributed by atoms with E-state index in [4.69, 9.17) is 40.8 Å². The number of ether oxygens (including phenoxy) is 3. The van der Waals surface area contributed by atoms with Crippen LogP contribution in [0.1, 0.15) is 30.1 Å². The molecule has 5 heterocycles. The van der Waals surface area contributed by atoms with Crippen LogP contribution in [0.3, 0.4) is 0 Å². The lowest BCUT2D eigenvalue weighted by Gasteiger charge is -2.58. The van der Waals surface area contributed by atoms with Gasteiger partial charge in [0.25, 0.3) is 0 Å². The number of quaternary nitrogens is 1. The molecule has 1 unspecified atom stereocenters. The number of fused-ring (bicyclic) bond motifs is 4. The molecule has 2 aromatic heterocycles. The number of para-hydroxylation sites is 1. The van der Waals surface area contributed by atoms with Crippen molar-refractivity contribution in [2.24, 2.45) is 11.8 Å². The van der Waals surface area contributed by atoms with Crippen LogP contribution < -0.4 is 31.2 Å². The lowest BCUT2D eigenvalue weighted by molar-refractivity contribution is -0.984. The van der Waals surface area contributed by atoms with E-state index in [2.05, 4.69) is 49.1 Å². The van der Waals surface area contributed by atoms with Crippen LogP contribution in [0.4, 0.5) is 0 Å². The number of piperidine rings is 3. The molecule has 0 spiro atoms. The van der Waals surface area contributed by atoms with Gasteiger partial charge in [-0.1, -0.05) is 96.5 Å². The van der Waals surface area contributed by atoms with Crippen molar-refractivity contribution in [2.75, 3.05) is 27.3 Å². The van der Waals surface area contributed by atoms with Crippen molar-refractivity contribution in [3.05, 3.63) is 144 Å². The van der Waals surface area contributed by atoms with Gasteiger partial charge < -0.3 is 35.7 Å². The van der Waals surface area contributed by atoms with Crippen molar-refractivity contribution in [3.8, 4) is 39.9 Å². The summed E-state index contributed by atoms with van der Waals surface area (Å²) in [5.74, 6) is 3.42. The molecule has 4 aromatic carbocycles. The molecule has 270 valence electrons. The molecule has 0 radical (unpaired) electrons. The van der Waals surface area contributed by atoms with Gasteiger partial charge in [-0.3, -0.25) is 4.98 Å². The van der Waals surface area contributed by atoms with Gasteiger partial charge in [0.15, 0.2) is 11.9 Å². The van der Waals surface area contributed by atoms with E-state index in [9.17, 15) is 0 Å². The number of rotatable bonds is 11. The fraction of sp³-hybridized carbons (Fsp3) is 0.250. The quantitative estimate of drug-likeness (QED) is 0.0822. The maximum absolute atomic E-state index is 7.50. The van der Waals surface area contributed by atoms with Crippen LogP contribution in [0, 0.1) is 11.8 Å². The number of benzene rings is 4. The van der Waals surface area contributed by atoms with E-state index in [1.165, 1.54) is 0 Å². The van der Waals surface area contributed by atoms with Gasteiger partial charge in [-0.25, -0.2) is 4.98 Å². The van der Waals surface area contributed by atoms with Crippen molar-refractivity contribution in [3.63, 3.8) is 0 Å². The fourth-order valence-electron chi connectivity index (χ4n) is 8.58. The average Bonchev–Trinajstić information content (AvgIpc) is 3.20. The van der Waals surface area contributed by atoms with E-state index in [0.29, 0.717) is 34.3 Å². The summed E-state index contributed by atoms with van der Waals surface area (Å²) in [5, 5.41) is 1.40. The molecule has 53 heavy (non-hydrogen) atoms. The van der Waals surface area contributed by atoms with Gasteiger partial charge in [-0.15, -0.1) is 6.58 Å². The molecule has 5 atom stereocenters. The molecule has 6 aromatic rings. The Morgan fingerprint density at radius 1 is 0.868 bits per heavy atom. The summed E-state index contributed by atoms with van der Waals surface area (Å²) in [7, 11) is 3.40. The smallest absolute Gasteiger partial charge is 0.227 e. The summed E-state index contributed by atoms with van der Waals surface area (Å²) in [5.41, 5.74) is 5.59. The minimum Gasteiger partial charge on any atom is -1.00 e. The van der Waals surface area contributed by atoms with Gasteiger partial charge in [0.05, 0.1) is 38.4 Å². The lowest BCUT2D eigenvalue weighted by Crippen LogP contribution is -3.00. The number of pyridine rings is 1. The highest BCUT2D eigenvalue weighted by atomic mass is 79.9. The molecular weight excluding hydrogens is 748 g/mol. The Hall–Kier alpha value is -4.76. The topological polar surface area (TPSA) is 66.4 Å². The molecule has 0 N–H and O–H groups in total. The predicted octanol–water partition coefficient (Wildman–Crippen LogP) is 6.76. The molecule has 9 heteroatoms. The van der Waals surface area contributed by atoms with E-state index in [-0.39, 0.29) is 23.0 Å². The van der Waals surface area contributed by atoms with Crippen molar-refractivity contribution in [2.45, 2.75) is 31.5 Å². The standard InChI is InChI=1S/C44H42ClN4O3.BrH/c1-4-30-28-49(27-29-23-34(50-2)26-35(24-29)51-3)22-20-33(30)25-39(49)41(37-19-21-46-38-18-12-11-17-36(37)38)52-44-40(31-13-7-5-8-14-31)42(45)47-43(48-44)32-15-9-6-10-16-32;/h4-19,21,23-24,26,30,33,39,41H,1,20,22,25,27-28H2,2-3H3;1H/q+1;/p-1/t30-,33-,39+,41-,49?;/m0./s1. The van der Waals surface area contributed by atoms with E-state index < -0.39 is 6.10 Å². The van der Waals surface area contributed by atoms with Gasteiger partial charge in [0.1, 0.15) is 29.2 Å². The highest BCUT2D eigenvalue weighted by Crippen LogP contribution is 2.50. The van der Waals surface area contributed by atoms with E-state index in [1.807, 2.05) is 79.0 Å². The van der Waals surface area contributed by atoms with Gasteiger partial charge in [0, 0.05) is 53.1 Å². The fourth-order valence-corrected chi connectivity index (χ4v) is 8.85. The average molecular weight is 790 g/mol. The third kappa shape index (κ3) is 7.16. The SMILES string of the molecule is C=C[C@H]1C[N+]2(Cc3cc(OC)cc(OC)c3)CC[C@H]1C[C@@H]2[C@@H](Oc1nc(-c2ccccc2)nc(Cl)c1-c1ccccc1)c1ccnc2ccccc12.[Br-]. The minimum atomic E-state index is -0.397. The molecule has 3 saturated heterocycles. The first-order valence-corrected chi connectivity index (χ1v) is 18.3. The van der Waals surface area contributed by atoms with Crippen LogP contribution in [-0.2, 0) is 6.54 Å². The molecule has 9 rings (SSSR count). The van der Waals surface area contributed by atoms with Crippen LogP contribution in [0.25, 0.3) is 33.4 Å². The van der Waals surface area contributed by atoms with Crippen molar-refractivity contribution < 1.29 is 35.7 Å². The second-order valence-electron chi connectivity index (χ2n) is 14.0. The molecule has 3 aliphatic rings. The van der Waals surface area contributed by atoms with E-state index in [0.717, 1.165) is 81.6 Å². The van der Waals surface area contributed by atoms with Crippen molar-refractivity contribution in [1.82, 2.24) is 15.0 Å². The Bertz CT molecular complexity index is 2200. The predicted molar refractivity (Wildman–Crippen MR) is 206 cm³/mol. The van der Waals surface area contributed by atoms with Crippen LogP contribution in [0.2, 0.25) is 5.15 Å². The number of methoxy groups -OCH3 is 2. The highest BCUT2D eigenvalue weighted by Gasteiger charge is 2.55. The molecule has 2 bridgehead atoms. The summed E-state index contributed by atoms with van der Waals surface area (Å²) in [6, 6.07) is 36.7. The molecule has 3 aliphatic heterocycles. The molecule has 7 nitrogen and oxygen atoms in total. The summed E-state index contributed by atoms with van der Waals surface area (Å²) < 4.78 is 19.8. The Kier molecular flexibility index (Phi) is 10.8. The summed E-state index contributed by atoms with van der Waals surface area (Å²) in [6.07, 6.45) is 5.75. The molecular formula is C44H42BrClN4O3. The maximum atomic E-state index is 7.50. The summed E-state index contributed by atoms with van der Waals surface area (Å²) in [6.45, 7) is 7.04. The van der Waals surface area contributed by atoms with Crippen molar-refractivity contribution in [1.29, 1.82) is 0 Å². The van der Waals surface area contributed by atoms with E-state index >= 15 is 0 Å². The van der Waals surface area contributed by atoms with Gasteiger partial charge in [-0.2, -0.15) is 4.98 Å². The second kappa shape index (κ2) is 15.7. The first-order valence-electron chi connectivity index (χ1n) is 17.9. The van der Waals surface area contributed by atoms with Crippen LogP contribution in [-0.4, -0.2) is 52.8 Å². The second-order valence-corrected chi connectivity index (χ2v) is 14.3. The monoisotopic (exact) mass is 788 g/mol. The number of hydrogen-bond donors (Lipinski definition) is 0. The molecule has 0 saturated carbocycles. The highest BCUT2D eigenvalue weighted by molar-refractivity contribution is 6.32. The zero-order valence-corrected chi connectivity index (χ0v) is 32.2.